The monoisotopic (exact) mass is 219 g/mol. The van der Waals surface area contributed by atoms with E-state index in [9.17, 15) is 0 Å². The van der Waals surface area contributed by atoms with Gasteiger partial charge in [0.1, 0.15) is 0 Å². The van der Waals surface area contributed by atoms with Gasteiger partial charge in [0.25, 0.3) is 0 Å². The normalized spacial score (nSPS) is 44.9. The van der Waals surface area contributed by atoms with E-state index in [0.717, 1.165) is 29.7 Å². The third-order valence-electron chi connectivity index (χ3n) is 5.29. The maximum absolute atomic E-state index is 3.76. The Balaban J connectivity index is 1.58. The number of hydrogen-bond acceptors (Lipinski definition) is 1. The smallest absolute Gasteiger partial charge is 0.0132 e. The molecule has 0 atom stereocenters. The van der Waals surface area contributed by atoms with Crippen molar-refractivity contribution in [1.82, 2.24) is 5.32 Å². The van der Waals surface area contributed by atoms with Crippen LogP contribution in [0.25, 0.3) is 0 Å². The van der Waals surface area contributed by atoms with Gasteiger partial charge in [-0.25, -0.2) is 0 Å². The van der Waals surface area contributed by atoms with Crippen molar-refractivity contribution in [1.29, 1.82) is 0 Å². The highest BCUT2D eigenvalue weighted by Crippen LogP contribution is 2.61. The molecule has 0 amide bonds. The van der Waals surface area contributed by atoms with Crippen LogP contribution in [0, 0.1) is 23.2 Å². The Morgan fingerprint density at radius 3 is 2.12 bits per heavy atom. The summed E-state index contributed by atoms with van der Waals surface area (Å²) in [5.74, 6) is 3.31. The van der Waals surface area contributed by atoms with E-state index in [1.807, 2.05) is 6.08 Å². The molecule has 4 fully saturated rings. The second-order valence-electron chi connectivity index (χ2n) is 6.66. The molecule has 16 heavy (non-hydrogen) atoms. The van der Waals surface area contributed by atoms with Gasteiger partial charge in [-0.2, -0.15) is 0 Å². The molecule has 4 aliphatic rings. The maximum atomic E-state index is 3.76. The van der Waals surface area contributed by atoms with E-state index in [2.05, 4.69) is 11.9 Å². The first-order valence-corrected chi connectivity index (χ1v) is 7.11. The molecule has 0 aromatic heterocycles. The molecule has 0 heterocycles. The van der Waals surface area contributed by atoms with Gasteiger partial charge in [0.05, 0.1) is 0 Å². The second-order valence-corrected chi connectivity index (χ2v) is 6.66. The minimum Gasteiger partial charge on any atom is -0.313 e. The van der Waals surface area contributed by atoms with E-state index in [1.165, 1.54) is 13.0 Å². The van der Waals surface area contributed by atoms with Crippen molar-refractivity contribution in [3.05, 3.63) is 12.7 Å². The van der Waals surface area contributed by atoms with Crippen molar-refractivity contribution in [3.8, 4) is 0 Å². The molecule has 0 spiro atoms. The molecule has 0 saturated heterocycles. The van der Waals surface area contributed by atoms with Crippen molar-refractivity contribution in [2.24, 2.45) is 23.2 Å². The van der Waals surface area contributed by atoms with Crippen molar-refractivity contribution < 1.29 is 0 Å². The summed E-state index contributed by atoms with van der Waals surface area (Å²) in [5.41, 5.74) is 0.753. The molecule has 0 radical (unpaired) electrons. The number of nitrogens with one attached hydrogen (secondary N) is 1. The van der Waals surface area contributed by atoms with E-state index in [0.29, 0.717) is 0 Å². The minimum atomic E-state index is 0.753. The molecule has 0 aromatic carbocycles. The van der Waals surface area contributed by atoms with Gasteiger partial charge in [0.15, 0.2) is 0 Å². The average Bonchev–Trinajstić information content (AvgIpc) is 2.22. The van der Waals surface area contributed by atoms with Crippen LogP contribution in [-0.2, 0) is 0 Å². The molecule has 4 saturated carbocycles. The summed E-state index contributed by atoms with van der Waals surface area (Å²) in [4.78, 5) is 0. The van der Waals surface area contributed by atoms with Crippen LogP contribution in [0.2, 0.25) is 0 Å². The van der Waals surface area contributed by atoms with Crippen LogP contribution in [0.1, 0.15) is 44.9 Å². The fourth-order valence-electron chi connectivity index (χ4n) is 5.15. The van der Waals surface area contributed by atoms with Gasteiger partial charge in [-0.1, -0.05) is 6.08 Å². The highest BCUT2D eigenvalue weighted by Gasteiger charge is 2.50. The molecule has 4 aliphatic carbocycles. The zero-order valence-electron chi connectivity index (χ0n) is 10.4. The van der Waals surface area contributed by atoms with Gasteiger partial charge >= 0.3 is 0 Å². The fraction of sp³-hybridized carbons (Fsp3) is 0.867. The van der Waals surface area contributed by atoms with E-state index < -0.39 is 0 Å². The Labute approximate surface area is 99.7 Å². The van der Waals surface area contributed by atoms with Gasteiger partial charge in [-0.3, -0.25) is 0 Å². The quantitative estimate of drug-likeness (QED) is 0.552. The predicted octanol–water partition coefficient (Wildman–Crippen LogP) is 3.37. The Morgan fingerprint density at radius 1 is 1.06 bits per heavy atom. The van der Waals surface area contributed by atoms with Crippen LogP contribution < -0.4 is 5.32 Å². The summed E-state index contributed by atoms with van der Waals surface area (Å²) >= 11 is 0. The third kappa shape index (κ3) is 1.95. The molecular formula is C15H25N. The van der Waals surface area contributed by atoms with Gasteiger partial charge in [0.2, 0.25) is 0 Å². The Bertz CT molecular complexity index is 233. The highest BCUT2D eigenvalue weighted by atomic mass is 14.8. The van der Waals surface area contributed by atoms with E-state index in [4.69, 9.17) is 0 Å². The van der Waals surface area contributed by atoms with E-state index in [1.54, 1.807) is 38.5 Å². The SMILES string of the molecule is C=CCNCCC12CC3CC(CC(C3)C1)C2. The Morgan fingerprint density at radius 2 is 1.62 bits per heavy atom. The number of rotatable bonds is 5. The highest BCUT2D eigenvalue weighted by molar-refractivity contribution is 5.01. The lowest BCUT2D eigenvalue weighted by Crippen LogP contribution is -2.47. The first kappa shape index (κ1) is 10.8. The van der Waals surface area contributed by atoms with Crippen LogP contribution in [0.15, 0.2) is 12.7 Å². The molecule has 4 bridgehead atoms. The van der Waals surface area contributed by atoms with Crippen LogP contribution >= 0.6 is 0 Å². The lowest BCUT2D eigenvalue weighted by atomic mass is 9.49. The summed E-state index contributed by atoms with van der Waals surface area (Å²) in [6, 6.07) is 0. The van der Waals surface area contributed by atoms with Crippen molar-refractivity contribution >= 4 is 0 Å². The van der Waals surface area contributed by atoms with Crippen LogP contribution in [-0.4, -0.2) is 13.1 Å². The zero-order valence-corrected chi connectivity index (χ0v) is 10.4. The molecule has 1 nitrogen and oxygen atoms in total. The summed E-state index contributed by atoms with van der Waals surface area (Å²) < 4.78 is 0. The lowest BCUT2D eigenvalue weighted by molar-refractivity contribution is -0.0566. The molecule has 4 rings (SSSR count). The van der Waals surface area contributed by atoms with Crippen molar-refractivity contribution in [3.63, 3.8) is 0 Å². The molecule has 1 N–H and O–H groups in total. The molecule has 90 valence electrons. The van der Waals surface area contributed by atoms with Gasteiger partial charge in [0, 0.05) is 6.54 Å². The summed E-state index contributed by atoms with van der Waals surface area (Å²) in [7, 11) is 0. The minimum absolute atomic E-state index is 0.753. The summed E-state index contributed by atoms with van der Waals surface area (Å²) in [5, 5.41) is 3.49. The fourth-order valence-corrected chi connectivity index (χ4v) is 5.15. The second kappa shape index (κ2) is 4.18. The first-order chi connectivity index (χ1) is 7.80. The van der Waals surface area contributed by atoms with E-state index >= 15 is 0 Å². The molecule has 1 heteroatoms. The predicted molar refractivity (Wildman–Crippen MR) is 68.3 cm³/mol. The first-order valence-electron chi connectivity index (χ1n) is 7.11. The van der Waals surface area contributed by atoms with Crippen molar-refractivity contribution in [2.45, 2.75) is 44.9 Å². The summed E-state index contributed by atoms with van der Waals surface area (Å²) in [6.07, 6.45) is 12.8. The van der Waals surface area contributed by atoms with Crippen molar-refractivity contribution in [2.75, 3.05) is 13.1 Å². The molecule has 0 unspecified atom stereocenters. The molecule has 0 aliphatic heterocycles. The third-order valence-corrected chi connectivity index (χ3v) is 5.29. The van der Waals surface area contributed by atoms with Crippen LogP contribution in [0.3, 0.4) is 0 Å². The van der Waals surface area contributed by atoms with Gasteiger partial charge < -0.3 is 5.32 Å². The Kier molecular flexibility index (Phi) is 2.83. The summed E-state index contributed by atoms with van der Waals surface area (Å²) in [6.45, 7) is 5.95. The Hall–Kier alpha value is -0.300. The molecular weight excluding hydrogens is 194 g/mol. The topological polar surface area (TPSA) is 12.0 Å². The number of hydrogen-bond donors (Lipinski definition) is 1. The molecule has 0 aromatic rings. The average molecular weight is 219 g/mol. The largest absolute Gasteiger partial charge is 0.313 e. The van der Waals surface area contributed by atoms with Crippen LogP contribution in [0.5, 0.6) is 0 Å². The van der Waals surface area contributed by atoms with E-state index in [-0.39, 0.29) is 0 Å². The van der Waals surface area contributed by atoms with Gasteiger partial charge in [-0.05, 0) is 74.7 Å². The van der Waals surface area contributed by atoms with Gasteiger partial charge in [-0.15, -0.1) is 6.58 Å². The zero-order chi connectivity index (χ0) is 11.0. The van der Waals surface area contributed by atoms with Crippen LogP contribution in [0.4, 0.5) is 0 Å². The standard InChI is InChI=1S/C15H25N/c1-2-4-16-5-3-15-9-12-6-13(10-15)8-14(7-12)11-15/h2,12-14,16H,1,3-11H2. The lowest BCUT2D eigenvalue weighted by Gasteiger charge is -2.57. The maximum Gasteiger partial charge on any atom is 0.0132 e.